The third-order valence-electron chi connectivity index (χ3n) is 2.43. The van der Waals surface area contributed by atoms with Crippen LogP contribution in [0.3, 0.4) is 0 Å². The first-order chi connectivity index (χ1) is 7.83. The van der Waals surface area contributed by atoms with Crippen LogP contribution in [-0.4, -0.2) is 19.9 Å². The van der Waals surface area contributed by atoms with Crippen molar-refractivity contribution in [3.8, 4) is 11.6 Å². The molecule has 0 spiro atoms. The molecule has 2 aromatic heterocycles. The van der Waals surface area contributed by atoms with E-state index in [0.717, 1.165) is 24.0 Å². The van der Waals surface area contributed by atoms with Crippen molar-refractivity contribution < 1.29 is 0 Å². The Morgan fingerprint density at radius 1 is 0.688 bits per heavy atom. The third-order valence-corrected chi connectivity index (χ3v) is 2.43. The van der Waals surface area contributed by atoms with Gasteiger partial charge < -0.3 is 0 Å². The minimum atomic E-state index is 0.583. The summed E-state index contributed by atoms with van der Waals surface area (Å²) in [6.07, 6.45) is 9.16. The number of nitrogens with zero attached hydrogens (tertiary/aromatic N) is 4. The molecule has 0 aliphatic carbocycles. The molecule has 0 aliphatic heterocycles. The van der Waals surface area contributed by atoms with Crippen molar-refractivity contribution in [1.82, 2.24) is 19.9 Å². The maximum absolute atomic E-state index is 4.24. The Kier molecular flexibility index (Phi) is 3.19. The van der Waals surface area contributed by atoms with E-state index < -0.39 is 0 Å². The SMILES string of the molecule is CCc1cnc(-c2ncc(CC)cn2)nc1. The van der Waals surface area contributed by atoms with Crippen LogP contribution in [0.2, 0.25) is 0 Å². The largest absolute Gasteiger partial charge is 0.234 e. The summed E-state index contributed by atoms with van der Waals surface area (Å²) in [5.41, 5.74) is 2.24. The number of hydrogen-bond donors (Lipinski definition) is 0. The van der Waals surface area contributed by atoms with E-state index in [2.05, 4.69) is 33.8 Å². The summed E-state index contributed by atoms with van der Waals surface area (Å²) in [6.45, 7) is 4.15. The van der Waals surface area contributed by atoms with Crippen LogP contribution >= 0.6 is 0 Å². The van der Waals surface area contributed by atoms with Gasteiger partial charge in [-0.1, -0.05) is 13.8 Å². The molecule has 4 heteroatoms. The third kappa shape index (κ3) is 2.21. The van der Waals surface area contributed by atoms with E-state index in [9.17, 15) is 0 Å². The molecule has 0 aliphatic rings. The smallest absolute Gasteiger partial charge is 0.197 e. The van der Waals surface area contributed by atoms with Crippen LogP contribution in [0, 0.1) is 0 Å². The summed E-state index contributed by atoms with van der Waals surface area (Å²) >= 11 is 0. The van der Waals surface area contributed by atoms with E-state index in [-0.39, 0.29) is 0 Å². The van der Waals surface area contributed by atoms with Gasteiger partial charge in [0, 0.05) is 24.8 Å². The Morgan fingerprint density at radius 3 is 1.25 bits per heavy atom. The second-order valence-corrected chi connectivity index (χ2v) is 3.54. The fourth-order valence-corrected chi connectivity index (χ4v) is 1.31. The maximum Gasteiger partial charge on any atom is 0.197 e. The van der Waals surface area contributed by atoms with Crippen LogP contribution in [0.15, 0.2) is 24.8 Å². The zero-order valence-electron chi connectivity index (χ0n) is 9.51. The van der Waals surface area contributed by atoms with Gasteiger partial charge in [-0.25, -0.2) is 19.9 Å². The second-order valence-electron chi connectivity index (χ2n) is 3.54. The van der Waals surface area contributed by atoms with Gasteiger partial charge in [0.15, 0.2) is 11.6 Å². The van der Waals surface area contributed by atoms with Crippen LogP contribution in [-0.2, 0) is 12.8 Å². The van der Waals surface area contributed by atoms with Crippen molar-refractivity contribution in [3.63, 3.8) is 0 Å². The molecule has 0 bridgehead atoms. The molecule has 0 amide bonds. The van der Waals surface area contributed by atoms with Crippen LogP contribution in [0.25, 0.3) is 11.6 Å². The highest BCUT2D eigenvalue weighted by Gasteiger charge is 2.03. The molecule has 0 radical (unpaired) electrons. The molecule has 2 rings (SSSR count). The Hall–Kier alpha value is -1.84. The minimum Gasteiger partial charge on any atom is -0.234 e. The Labute approximate surface area is 94.8 Å². The van der Waals surface area contributed by atoms with Crippen LogP contribution in [0.1, 0.15) is 25.0 Å². The number of aryl methyl sites for hydroxylation is 2. The monoisotopic (exact) mass is 214 g/mol. The van der Waals surface area contributed by atoms with Gasteiger partial charge in [-0.05, 0) is 24.0 Å². The first-order valence-electron chi connectivity index (χ1n) is 5.45. The fraction of sp³-hybridized carbons (Fsp3) is 0.333. The average Bonchev–Trinajstić information content (AvgIpc) is 2.39. The zero-order chi connectivity index (χ0) is 11.4. The average molecular weight is 214 g/mol. The maximum atomic E-state index is 4.24. The van der Waals surface area contributed by atoms with Gasteiger partial charge in [0.1, 0.15) is 0 Å². The Bertz CT molecular complexity index is 402. The normalized spacial score (nSPS) is 10.4. The minimum absolute atomic E-state index is 0.583. The molecule has 0 aromatic carbocycles. The second kappa shape index (κ2) is 4.79. The number of aromatic nitrogens is 4. The molecule has 2 aromatic rings. The fourth-order valence-electron chi connectivity index (χ4n) is 1.31. The lowest BCUT2D eigenvalue weighted by molar-refractivity contribution is 1.000. The van der Waals surface area contributed by atoms with Crippen LogP contribution in [0.5, 0.6) is 0 Å². The highest BCUT2D eigenvalue weighted by molar-refractivity contribution is 5.41. The summed E-state index contributed by atoms with van der Waals surface area (Å²) in [6, 6.07) is 0. The highest BCUT2D eigenvalue weighted by atomic mass is 15.0. The molecule has 0 atom stereocenters. The van der Waals surface area contributed by atoms with Crippen molar-refractivity contribution in [2.75, 3.05) is 0 Å². The van der Waals surface area contributed by atoms with E-state index in [4.69, 9.17) is 0 Å². The van der Waals surface area contributed by atoms with E-state index in [1.54, 1.807) is 0 Å². The van der Waals surface area contributed by atoms with E-state index in [1.165, 1.54) is 0 Å². The standard InChI is InChI=1S/C12H14N4/c1-3-9-5-13-11(14-6-9)12-15-7-10(4-2)8-16-12/h5-8H,3-4H2,1-2H3. The molecule has 16 heavy (non-hydrogen) atoms. The molecule has 0 saturated heterocycles. The number of rotatable bonds is 3. The Balaban J connectivity index is 2.28. The summed E-state index contributed by atoms with van der Waals surface area (Å²) in [4.78, 5) is 17.0. The lowest BCUT2D eigenvalue weighted by atomic mass is 10.2. The van der Waals surface area contributed by atoms with Crippen molar-refractivity contribution in [3.05, 3.63) is 35.9 Å². The summed E-state index contributed by atoms with van der Waals surface area (Å²) in [7, 11) is 0. The molecule has 2 heterocycles. The Morgan fingerprint density at radius 2 is 1.00 bits per heavy atom. The van der Waals surface area contributed by atoms with Gasteiger partial charge in [0.05, 0.1) is 0 Å². The van der Waals surface area contributed by atoms with Gasteiger partial charge >= 0.3 is 0 Å². The predicted octanol–water partition coefficient (Wildman–Crippen LogP) is 2.06. The molecule has 82 valence electrons. The molecule has 0 saturated carbocycles. The quantitative estimate of drug-likeness (QED) is 0.784. The highest BCUT2D eigenvalue weighted by Crippen LogP contribution is 2.08. The van der Waals surface area contributed by atoms with Crippen molar-refractivity contribution in [2.24, 2.45) is 0 Å². The lowest BCUT2D eigenvalue weighted by Gasteiger charge is -2.00. The van der Waals surface area contributed by atoms with E-state index in [0.29, 0.717) is 11.6 Å². The first kappa shape index (κ1) is 10.7. The summed E-state index contributed by atoms with van der Waals surface area (Å²) < 4.78 is 0. The summed E-state index contributed by atoms with van der Waals surface area (Å²) in [5.74, 6) is 1.17. The van der Waals surface area contributed by atoms with Crippen molar-refractivity contribution in [2.45, 2.75) is 26.7 Å². The molecular weight excluding hydrogens is 200 g/mol. The van der Waals surface area contributed by atoms with Gasteiger partial charge in [-0.3, -0.25) is 0 Å². The van der Waals surface area contributed by atoms with Gasteiger partial charge in [-0.15, -0.1) is 0 Å². The van der Waals surface area contributed by atoms with Crippen molar-refractivity contribution in [1.29, 1.82) is 0 Å². The van der Waals surface area contributed by atoms with Gasteiger partial charge in [0.25, 0.3) is 0 Å². The first-order valence-corrected chi connectivity index (χ1v) is 5.45. The van der Waals surface area contributed by atoms with Crippen LogP contribution in [0.4, 0.5) is 0 Å². The van der Waals surface area contributed by atoms with E-state index in [1.807, 2.05) is 24.8 Å². The zero-order valence-corrected chi connectivity index (χ0v) is 9.51. The number of hydrogen-bond acceptors (Lipinski definition) is 4. The molecule has 0 fully saturated rings. The summed E-state index contributed by atoms with van der Waals surface area (Å²) in [5, 5.41) is 0. The van der Waals surface area contributed by atoms with E-state index >= 15 is 0 Å². The van der Waals surface area contributed by atoms with Gasteiger partial charge in [0.2, 0.25) is 0 Å². The lowest BCUT2D eigenvalue weighted by Crippen LogP contribution is -1.97. The topological polar surface area (TPSA) is 51.6 Å². The molecular formula is C12H14N4. The predicted molar refractivity (Wildman–Crippen MR) is 61.8 cm³/mol. The van der Waals surface area contributed by atoms with Crippen molar-refractivity contribution >= 4 is 0 Å². The molecule has 4 nitrogen and oxygen atoms in total. The molecule has 0 unspecified atom stereocenters. The van der Waals surface area contributed by atoms with Crippen LogP contribution < -0.4 is 0 Å². The van der Waals surface area contributed by atoms with Gasteiger partial charge in [-0.2, -0.15) is 0 Å². The molecule has 0 N–H and O–H groups in total.